The van der Waals surface area contributed by atoms with Crippen molar-refractivity contribution in [3.63, 3.8) is 0 Å². The van der Waals surface area contributed by atoms with Crippen molar-refractivity contribution in [3.8, 4) is 0 Å². The van der Waals surface area contributed by atoms with Gasteiger partial charge in [-0.15, -0.1) is 0 Å². The average Bonchev–Trinajstić information content (AvgIpc) is 2.54. The number of hydrogen-bond donors (Lipinski definition) is 2. The molecule has 2 N–H and O–H groups in total. The Balaban J connectivity index is 1.85. The van der Waals surface area contributed by atoms with Crippen LogP contribution in [0, 0.1) is 0 Å². The van der Waals surface area contributed by atoms with Gasteiger partial charge in [0, 0.05) is 25.5 Å². The minimum absolute atomic E-state index is 0.184. The Labute approximate surface area is 124 Å². The molecule has 0 spiro atoms. The maximum atomic E-state index is 11.8. The molecule has 0 aromatic carbocycles. The van der Waals surface area contributed by atoms with Gasteiger partial charge < -0.3 is 10.6 Å². The normalized spacial score (nSPS) is 10.1. The van der Waals surface area contributed by atoms with Gasteiger partial charge >= 0.3 is 0 Å². The molecular weight excluding hydrogens is 266 g/mol. The molecule has 0 saturated heterocycles. The van der Waals surface area contributed by atoms with Gasteiger partial charge in [-0.2, -0.15) is 0 Å². The van der Waals surface area contributed by atoms with E-state index < -0.39 is 0 Å². The van der Waals surface area contributed by atoms with Crippen molar-refractivity contribution < 1.29 is 4.79 Å². The zero-order chi connectivity index (χ0) is 14.9. The van der Waals surface area contributed by atoms with Crippen LogP contribution in [0.2, 0.25) is 0 Å². The van der Waals surface area contributed by atoms with Gasteiger partial charge in [0.25, 0.3) is 5.91 Å². The van der Waals surface area contributed by atoms with Crippen molar-refractivity contribution in [2.75, 3.05) is 11.9 Å². The molecule has 0 aliphatic carbocycles. The number of carbonyl (C=O) groups excluding carboxylic acids is 1. The average molecular weight is 285 g/mol. The molecule has 2 aromatic rings. The van der Waals surface area contributed by atoms with Gasteiger partial charge in [-0.1, -0.05) is 13.3 Å². The number of anilines is 1. The highest BCUT2D eigenvalue weighted by atomic mass is 16.1. The third-order valence-corrected chi connectivity index (χ3v) is 2.92. The summed E-state index contributed by atoms with van der Waals surface area (Å²) in [4.78, 5) is 24.0. The van der Waals surface area contributed by atoms with E-state index in [1.54, 1.807) is 18.6 Å². The summed E-state index contributed by atoms with van der Waals surface area (Å²) in [5, 5.41) is 5.95. The topological polar surface area (TPSA) is 79.8 Å². The quantitative estimate of drug-likeness (QED) is 0.761. The SMILES string of the molecule is CCCCNC(=O)c1cnc(NCc2ccncc2)cn1. The van der Waals surface area contributed by atoms with Gasteiger partial charge in [0.2, 0.25) is 0 Å². The van der Waals surface area contributed by atoms with Crippen LogP contribution < -0.4 is 10.6 Å². The monoisotopic (exact) mass is 285 g/mol. The van der Waals surface area contributed by atoms with E-state index in [4.69, 9.17) is 0 Å². The molecule has 110 valence electrons. The van der Waals surface area contributed by atoms with Crippen LogP contribution >= 0.6 is 0 Å². The molecule has 1 amide bonds. The molecule has 0 saturated carbocycles. The summed E-state index contributed by atoms with van der Waals surface area (Å²) in [5.41, 5.74) is 1.44. The van der Waals surface area contributed by atoms with Crippen molar-refractivity contribution in [1.82, 2.24) is 20.3 Å². The van der Waals surface area contributed by atoms with E-state index in [9.17, 15) is 4.79 Å². The minimum Gasteiger partial charge on any atom is -0.365 e. The molecule has 2 rings (SSSR count). The first-order valence-electron chi connectivity index (χ1n) is 7.02. The summed E-state index contributed by atoms with van der Waals surface area (Å²) >= 11 is 0. The Morgan fingerprint density at radius 3 is 2.67 bits per heavy atom. The van der Waals surface area contributed by atoms with Crippen LogP contribution in [-0.4, -0.2) is 27.4 Å². The van der Waals surface area contributed by atoms with Crippen LogP contribution in [0.1, 0.15) is 35.8 Å². The lowest BCUT2D eigenvalue weighted by Gasteiger charge is -2.06. The Morgan fingerprint density at radius 2 is 2.00 bits per heavy atom. The predicted molar refractivity (Wildman–Crippen MR) is 80.8 cm³/mol. The number of hydrogen-bond acceptors (Lipinski definition) is 5. The highest BCUT2D eigenvalue weighted by molar-refractivity contribution is 5.91. The highest BCUT2D eigenvalue weighted by Crippen LogP contribution is 2.04. The van der Waals surface area contributed by atoms with E-state index in [0.29, 0.717) is 24.6 Å². The summed E-state index contributed by atoms with van der Waals surface area (Å²) < 4.78 is 0. The fourth-order valence-corrected chi connectivity index (χ4v) is 1.70. The van der Waals surface area contributed by atoms with Gasteiger partial charge in [0.15, 0.2) is 0 Å². The van der Waals surface area contributed by atoms with Crippen LogP contribution in [0.3, 0.4) is 0 Å². The van der Waals surface area contributed by atoms with E-state index in [0.717, 1.165) is 18.4 Å². The highest BCUT2D eigenvalue weighted by Gasteiger charge is 2.06. The van der Waals surface area contributed by atoms with E-state index >= 15 is 0 Å². The number of nitrogens with zero attached hydrogens (tertiary/aromatic N) is 3. The van der Waals surface area contributed by atoms with Crippen molar-refractivity contribution >= 4 is 11.7 Å². The number of unbranched alkanes of at least 4 members (excludes halogenated alkanes) is 1. The summed E-state index contributed by atoms with van der Waals surface area (Å²) in [5.74, 6) is 0.452. The zero-order valence-electron chi connectivity index (χ0n) is 12.0. The van der Waals surface area contributed by atoms with Gasteiger partial charge in [0.05, 0.1) is 12.4 Å². The molecule has 0 aliphatic heterocycles. The third-order valence-electron chi connectivity index (χ3n) is 2.92. The summed E-state index contributed by atoms with van der Waals surface area (Å²) in [6.45, 7) is 3.38. The summed E-state index contributed by atoms with van der Waals surface area (Å²) in [6.07, 6.45) is 8.54. The van der Waals surface area contributed by atoms with E-state index in [1.807, 2.05) is 12.1 Å². The van der Waals surface area contributed by atoms with Crippen molar-refractivity contribution in [2.24, 2.45) is 0 Å². The molecule has 0 bridgehead atoms. The van der Waals surface area contributed by atoms with E-state index in [1.165, 1.54) is 6.20 Å². The van der Waals surface area contributed by atoms with Crippen molar-refractivity contribution in [3.05, 3.63) is 48.2 Å². The number of aromatic nitrogens is 3. The molecule has 0 fully saturated rings. The maximum absolute atomic E-state index is 11.8. The largest absolute Gasteiger partial charge is 0.365 e. The molecule has 2 heterocycles. The summed E-state index contributed by atoms with van der Waals surface area (Å²) in [6, 6.07) is 3.85. The Kier molecular flexibility index (Phi) is 5.63. The Hall–Kier alpha value is -2.50. The van der Waals surface area contributed by atoms with Gasteiger partial charge in [-0.25, -0.2) is 9.97 Å². The fraction of sp³-hybridized carbons (Fsp3) is 0.333. The van der Waals surface area contributed by atoms with Crippen molar-refractivity contribution in [1.29, 1.82) is 0 Å². The Morgan fingerprint density at radius 1 is 1.19 bits per heavy atom. The van der Waals surface area contributed by atoms with Gasteiger partial charge in [0.1, 0.15) is 11.5 Å². The second-order valence-corrected chi connectivity index (χ2v) is 4.61. The van der Waals surface area contributed by atoms with Crippen LogP contribution in [0.25, 0.3) is 0 Å². The lowest BCUT2D eigenvalue weighted by Crippen LogP contribution is -2.25. The van der Waals surface area contributed by atoms with Gasteiger partial charge in [-0.05, 0) is 24.1 Å². The molecule has 0 radical (unpaired) electrons. The van der Waals surface area contributed by atoms with E-state index in [2.05, 4.69) is 32.5 Å². The standard InChI is InChI=1S/C15H19N5O/c1-2-3-6-17-15(21)13-10-20-14(11-18-13)19-9-12-4-7-16-8-5-12/h4-5,7-8,10-11H,2-3,6,9H2,1H3,(H,17,21)(H,19,20). The minimum atomic E-state index is -0.184. The van der Waals surface area contributed by atoms with Crippen LogP contribution in [0.5, 0.6) is 0 Å². The number of carbonyl (C=O) groups is 1. The maximum Gasteiger partial charge on any atom is 0.271 e. The van der Waals surface area contributed by atoms with Crippen LogP contribution in [0.4, 0.5) is 5.82 Å². The lowest BCUT2D eigenvalue weighted by molar-refractivity contribution is 0.0948. The fourth-order valence-electron chi connectivity index (χ4n) is 1.70. The molecule has 6 heteroatoms. The molecule has 0 aliphatic rings. The first-order valence-corrected chi connectivity index (χ1v) is 7.02. The molecule has 6 nitrogen and oxygen atoms in total. The molecule has 2 aromatic heterocycles. The second-order valence-electron chi connectivity index (χ2n) is 4.61. The second kappa shape index (κ2) is 7.94. The molecule has 0 atom stereocenters. The molecule has 0 unspecified atom stereocenters. The number of rotatable bonds is 7. The number of amides is 1. The summed E-state index contributed by atoms with van der Waals surface area (Å²) in [7, 11) is 0. The first-order chi connectivity index (χ1) is 10.3. The van der Waals surface area contributed by atoms with E-state index in [-0.39, 0.29) is 5.91 Å². The number of pyridine rings is 1. The third kappa shape index (κ3) is 4.83. The molecular formula is C15H19N5O. The smallest absolute Gasteiger partial charge is 0.271 e. The first kappa shape index (κ1) is 14.9. The van der Waals surface area contributed by atoms with Crippen molar-refractivity contribution in [2.45, 2.75) is 26.3 Å². The van der Waals surface area contributed by atoms with Crippen LogP contribution in [0.15, 0.2) is 36.9 Å². The van der Waals surface area contributed by atoms with Crippen LogP contribution in [-0.2, 0) is 6.54 Å². The Bertz CT molecular complexity index is 556. The predicted octanol–water partition coefficient (Wildman–Crippen LogP) is 2.01. The van der Waals surface area contributed by atoms with Gasteiger partial charge in [-0.3, -0.25) is 9.78 Å². The number of nitrogens with one attached hydrogen (secondary N) is 2. The lowest BCUT2D eigenvalue weighted by atomic mass is 10.3. The zero-order valence-corrected chi connectivity index (χ0v) is 12.0. The molecule has 21 heavy (non-hydrogen) atoms.